The molecular weight excluding hydrogens is 322 g/mol. The Kier molecular flexibility index (Phi) is 6.84. The standard InChI is InChI=1S/C23H31NO2/c1-7-21(20-11-9-8-10-17(20)5)24-23(25)18(6)26-22-14-16(4)12-13-19(22)15(2)3/h8-15,18,21H,7H2,1-6H3,(H,24,25)/t18-,21+/m0/s1. The van der Waals surface area contributed by atoms with Gasteiger partial charge in [0.2, 0.25) is 0 Å². The summed E-state index contributed by atoms with van der Waals surface area (Å²) in [7, 11) is 0. The Morgan fingerprint density at radius 2 is 1.73 bits per heavy atom. The molecule has 0 unspecified atom stereocenters. The van der Waals surface area contributed by atoms with Gasteiger partial charge in [-0.15, -0.1) is 0 Å². The molecule has 0 saturated heterocycles. The van der Waals surface area contributed by atoms with Crippen molar-refractivity contribution in [2.45, 2.75) is 66.0 Å². The number of ether oxygens (including phenoxy) is 1. The number of aryl methyl sites for hydroxylation is 2. The second kappa shape index (κ2) is 8.88. The van der Waals surface area contributed by atoms with Crippen molar-refractivity contribution < 1.29 is 9.53 Å². The maximum Gasteiger partial charge on any atom is 0.261 e. The van der Waals surface area contributed by atoms with Crippen LogP contribution in [0, 0.1) is 13.8 Å². The van der Waals surface area contributed by atoms with Crippen molar-refractivity contribution in [3.63, 3.8) is 0 Å². The van der Waals surface area contributed by atoms with E-state index in [4.69, 9.17) is 4.74 Å². The molecule has 3 heteroatoms. The van der Waals surface area contributed by atoms with Crippen molar-refractivity contribution in [2.75, 3.05) is 0 Å². The molecule has 2 aromatic carbocycles. The topological polar surface area (TPSA) is 38.3 Å². The van der Waals surface area contributed by atoms with Crippen molar-refractivity contribution in [3.05, 3.63) is 64.7 Å². The van der Waals surface area contributed by atoms with E-state index in [1.165, 1.54) is 5.56 Å². The van der Waals surface area contributed by atoms with Gasteiger partial charge in [-0.1, -0.05) is 57.2 Å². The summed E-state index contributed by atoms with van der Waals surface area (Å²) in [4.78, 5) is 12.7. The fraction of sp³-hybridized carbons (Fsp3) is 0.435. The number of hydrogen-bond acceptors (Lipinski definition) is 2. The molecule has 2 atom stereocenters. The Bertz CT molecular complexity index is 752. The van der Waals surface area contributed by atoms with Crippen LogP contribution in [0.3, 0.4) is 0 Å². The minimum atomic E-state index is -0.549. The van der Waals surface area contributed by atoms with E-state index in [9.17, 15) is 4.79 Å². The molecule has 0 aliphatic heterocycles. The van der Waals surface area contributed by atoms with Crippen LogP contribution < -0.4 is 10.1 Å². The lowest BCUT2D eigenvalue weighted by atomic mass is 9.99. The number of hydrogen-bond donors (Lipinski definition) is 1. The second-order valence-corrected chi connectivity index (χ2v) is 7.28. The Hall–Kier alpha value is -2.29. The SMILES string of the molecule is CC[C@@H](NC(=O)[C@H](C)Oc1cc(C)ccc1C(C)C)c1ccccc1C. The van der Waals surface area contributed by atoms with Crippen LogP contribution in [0.15, 0.2) is 42.5 Å². The number of carbonyl (C=O) groups is 1. The van der Waals surface area contributed by atoms with Crippen LogP contribution in [0.5, 0.6) is 5.75 Å². The summed E-state index contributed by atoms with van der Waals surface area (Å²) in [5, 5.41) is 3.14. The normalized spacial score (nSPS) is 13.3. The predicted molar refractivity (Wildman–Crippen MR) is 108 cm³/mol. The molecule has 1 amide bonds. The summed E-state index contributed by atoms with van der Waals surface area (Å²) in [6, 6.07) is 14.4. The molecule has 0 heterocycles. The summed E-state index contributed by atoms with van der Waals surface area (Å²) in [6.45, 7) is 12.3. The highest BCUT2D eigenvalue weighted by atomic mass is 16.5. The van der Waals surface area contributed by atoms with E-state index in [-0.39, 0.29) is 11.9 Å². The van der Waals surface area contributed by atoms with Crippen LogP contribution in [-0.4, -0.2) is 12.0 Å². The minimum Gasteiger partial charge on any atom is -0.481 e. The number of benzene rings is 2. The van der Waals surface area contributed by atoms with Crippen LogP contribution in [0.25, 0.3) is 0 Å². The average molecular weight is 354 g/mol. The number of nitrogens with one attached hydrogen (secondary N) is 1. The van der Waals surface area contributed by atoms with Crippen LogP contribution >= 0.6 is 0 Å². The molecule has 0 radical (unpaired) electrons. The van der Waals surface area contributed by atoms with Crippen molar-refractivity contribution in [3.8, 4) is 5.75 Å². The molecule has 0 aromatic heterocycles. The van der Waals surface area contributed by atoms with E-state index in [0.29, 0.717) is 5.92 Å². The van der Waals surface area contributed by atoms with Crippen LogP contribution in [0.4, 0.5) is 0 Å². The zero-order valence-electron chi connectivity index (χ0n) is 16.8. The van der Waals surface area contributed by atoms with Gasteiger partial charge < -0.3 is 10.1 Å². The fourth-order valence-corrected chi connectivity index (χ4v) is 3.13. The smallest absolute Gasteiger partial charge is 0.261 e. The summed E-state index contributed by atoms with van der Waals surface area (Å²) < 4.78 is 6.05. The summed E-state index contributed by atoms with van der Waals surface area (Å²) in [5.74, 6) is 1.05. The summed E-state index contributed by atoms with van der Waals surface area (Å²) in [6.07, 6.45) is 0.290. The average Bonchev–Trinajstić information content (AvgIpc) is 2.60. The van der Waals surface area contributed by atoms with Gasteiger partial charge in [-0.25, -0.2) is 0 Å². The number of rotatable bonds is 7. The molecular formula is C23H31NO2. The number of amides is 1. The molecule has 26 heavy (non-hydrogen) atoms. The van der Waals surface area contributed by atoms with E-state index in [0.717, 1.165) is 28.9 Å². The number of carbonyl (C=O) groups excluding carboxylic acids is 1. The molecule has 140 valence electrons. The first-order valence-electron chi connectivity index (χ1n) is 9.46. The monoisotopic (exact) mass is 353 g/mol. The van der Waals surface area contributed by atoms with Gasteiger partial charge in [-0.05, 0) is 61.4 Å². The Labute approximate surface area is 157 Å². The lowest BCUT2D eigenvalue weighted by Crippen LogP contribution is -2.38. The lowest BCUT2D eigenvalue weighted by Gasteiger charge is -2.23. The lowest BCUT2D eigenvalue weighted by molar-refractivity contribution is -0.128. The highest BCUT2D eigenvalue weighted by Gasteiger charge is 2.21. The third-order valence-electron chi connectivity index (χ3n) is 4.75. The van der Waals surface area contributed by atoms with Crippen LogP contribution in [0.1, 0.15) is 68.3 Å². The predicted octanol–water partition coefficient (Wildman–Crippen LogP) is 5.46. The Morgan fingerprint density at radius 3 is 2.35 bits per heavy atom. The van der Waals surface area contributed by atoms with Gasteiger partial charge in [0.15, 0.2) is 6.10 Å². The van der Waals surface area contributed by atoms with E-state index >= 15 is 0 Å². The first kappa shape index (κ1) is 20.0. The molecule has 2 aromatic rings. The molecule has 3 nitrogen and oxygen atoms in total. The molecule has 0 aliphatic carbocycles. The van der Waals surface area contributed by atoms with Gasteiger partial charge in [-0.3, -0.25) is 4.79 Å². The molecule has 0 aliphatic rings. The van der Waals surface area contributed by atoms with E-state index in [2.05, 4.69) is 57.3 Å². The maximum atomic E-state index is 12.7. The quantitative estimate of drug-likeness (QED) is 0.717. The van der Waals surface area contributed by atoms with Gasteiger partial charge in [0.1, 0.15) is 5.75 Å². The first-order chi connectivity index (χ1) is 12.3. The molecule has 1 N–H and O–H groups in total. The van der Waals surface area contributed by atoms with Crippen molar-refractivity contribution >= 4 is 5.91 Å². The van der Waals surface area contributed by atoms with E-state index in [1.807, 2.05) is 32.0 Å². The largest absolute Gasteiger partial charge is 0.481 e. The van der Waals surface area contributed by atoms with Crippen LogP contribution in [0.2, 0.25) is 0 Å². The van der Waals surface area contributed by atoms with E-state index < -0.39 is 6.10 Å². The van der Waals surface area contributed by atoms with Crippen LogP contribution in [-0.2, 0) is 4.79 Å². The molecule has 0 bridgehead atoms. The molecule has 0 spiro atoms. The first-order valence-corrected chi connectivity index (χ1v) is 9.46. The van der Waals surface area contributed by atoms with Gasteiger partial charge in [-0.2, -0.15) is 0 Å². The molecule has 0 saturated carbocycles. The van der Waals surface area contributed by atoms with Crippen molar-refractivity contribution in [2.24, 2.45) is 0 Å². The summed E-state index contributed by atoms with van der Waals surface area (Å²) >= 11 is 0. The fourth-order valence-electron chi connectivity index (χ4n) is 3.13. The second-order valence-electron chi connectivity index (χ2n) is 7.28. The van der Waals surface area contributed by atoms with Gasteiger partial charge in [0.25, 0.3) is 5.91 Å². The third-order valence-corrected chi connectivity index (χ3v) is 4.75. The van der Waals surface area contributed by atoms with Gasteiger partial charge >= 0.3 is 0 Å². The molecule has 0 fully saturated rings. The van der Waals surface area contributed by atoms with Crippen molar-refractivity contribution in [1.29, 1.82) is 0 Å². The Balaban J connectivity index is 2.12. The van der Waals surface area contributed by atoms with E-state index in [1.54, 1.807) is 0 Å². The minimum absolute atomic E-state index is 0.00294. The zero-order valence-corrected chi connectivity index (χ0v) is 16.8. The van der Waals surface area contributed by atoms with Crippen molar-refractivity contribution in [1.82, 2.24) is 5.32 Å². The van der Waals surface area contributed by atoms with Gasteiger partial charge in [0, 0.05) is 0 Å². The highest BCUT2D eigenvalue weighted by Crippen LogP contribution is 2.28. The Morgan fingerprint density at radius 1 is 1.04 bits per heavy atom. The summed E-state index contributed by atoms with van der Waals surface area (Å²) in [5.41, 5.74) is 4.60. The third kappa shape index (κ3) is 4.87. The highest BCUT2D eigenvalue weighted by molar-refractivity contribution is 5.81. The maximum absolute atomic E-state index is 12.7. The zero-order chi connectivity index (χ0) is 19.3. The van der Waals surface area contributed by atoms with Gasteiger partial charge in [0.05, 0.1) is 6.04 Å². The molecule has 2 rings (SSSR count).